The van der Waals surface area contributed by atoms with E-state index in [1.54, 1.807) is 29.2 Å². The molecule has 1 aliphatic heterocycles. The summed E-state index contributed by atoms with van der Waals surface area (Å²) < 4.78 is 0. The summed E-state index contributed by atoms with van der Waals surface area (Å²) >= 11 is 0. The van der Waals surface area contributed by atoms with E-state index >= 15 is 0 Å². The minimum absolute atomic E-state index is 0.248. The van der Waals surface area contributed by atoms with Gasteiger partial charge in [0.15, 0.2) is 11.4 Å². The van der Waals surface area contributed by atoms with Gasteiger partial charge in [-0.25, -0.2) is 0 Å². The Labute approximate surface area is 183 Å². The Bertz CT molecular complexity index is 1150. The van der Waals surface area contributed by atoms with Crippen molar-refractivity contribution in [1.29, 1.82) is 0 Å². The highest BCUT2D eigenvalue weighted by Crippen LogP contribution is 2.43. The van der Waals surface area contributed by atoms with Crippen molar-refractivity contribution in [2.45, 2.75) is 45.8 Å². The van der Waals surface area contributed by atoms with Crippen LogP contribution in [0.2, 0.25) is 0 Å². The number of fused-ring (bicyclic) bond motifs is 1. The number of rotatable bonds is 6. The monoisotopic (exact) mass is 413 g/mol. The number of nitrogens with zero attached hydrogens (tertiary/aromatic N) is 1. The first-order valence-corrected chi connectivity index (χ1v) is 10.7. The molecule has 0 radical (unpaired) electrons. The van der Waals surface area contributed by atoms with Crippen molar-refractivity contribution in [3.63, 3.8) is 0 Å². The summed E-state index contributed by atoms with van der Waals surface area (Å²) in [6.07, 6.45) is 0.607. The van der Waals surface area contributed by atoms with Gasteiger partial charge in [0.05, 0.1) is 18.7 Å². The van der Waals surface area contributed by atoms with Crippen molar-refractivity contribution in [2.75, 3.05) is 4.90 Å². The van der Waals surface area contributed by atoms with Crippen LogP contribution in [0.1, 0.15) is 51.5 Å². The third-order valence-electron chi connectivity index (χ3n) is 6.17. The summed E-state index contributed by atoms with van der Waals surface area (Å²) in [5.41, 5.74) is 4.18. The Morgan fingerprint density at radius 2 is 1.71 bits per heavy atom. The number of hydrogen-bond donors (Lipinski definition) is 1. The Hall–Kier alpha value is -3.24. The highest BCUT2D eigenvalue weighted by molar-refractivity contribution is 6.10. The highest BCUT2D eigenvalue weighted by Gasteiger charge is 2.50. The summed E-state index contributed by atoms with van der Waals surface area (Å²) in [6.45, 7) is 6.46. The van der Waals surface area contributed by atoms with Crippen LogP contribution in [-0.2, 0) is 23.4 Å². The Morgan fingerprint density at radius 1 is 1.00 bits per heavy atom. The molecule has 0 saturated carbocycles. The van der Waals surface area contributed by atoms with Crippen LogP contribution >= 0.6 is 0 Å². The van der Waals surface area contributed by atoms with E-state index in [1.165, 1.54) is 0 Å². The van der Waals surface area contributed by atoms with E-state index in [1.807, 2.05) is 50.2 Å². The second-order valence-corrected chi connectivity index (χ2v) is 8.35. The fraction of sp³-hybridized carbons (Fsp3) is 0.259. The van der Waals surface area contributed by atoms with E-state index in [0.29, 0.717) is 23.4 Å². The number of carbonyl (C=O) groups is 2. The Kier molecular flexibility index (Phi) is 5.50. The molecule has 1 atom stereocenters. The van der Waals surface area contributed by atoms with Crippen LogP contribution < -0.4 is 4.90 Å². The Balaban J connectivity index is 1.66. The number of anilines is 1. The predicted octanol–water partition coefficient (Wildman–Crippen LogP) is 4.87. The molecule has 0 aliphatic carbocycles. The highest BCUT2D eigenvalue weighted by atomic mass is 16.3. The molecule has 4 nitrogen and oxygen atoms in total. The normalized spacial score (nSPS) is 17.7. The van der Waals surface area contributed by atoms with E-state index in [2.05, 4.69) is 13.0 Å². The van der Waals surface area contributed by atoms with Crippen molar-refractivity contribution < 1.29 is 14.7 Å². The zero-order valence-electron chi connectivity index (χ0n) is 18.2. The maximum Gasteiger partial charge on any atom is 0.264 e. The van der Waals surface area contributed by atoms with Gasteiger partial charge in [0.2, 0.25) is 0 Å². The number of Topliss-reactive ketones (excluding diaryl/α,β-unsaturated/α-hetero) is 1. The minimum Gasteiger partial charge on any atom is -0.375 e. The number of benzene rings is 3. The molecule has 0 unspecified atom stereocenters. The fourth-order valence-electron chi connectivity index (χ4n) is 4.29. The number of para-hydroxylation sites is 1. The molecule has 0 fully saturated rings. The van der Waals surface area contributed by atoms with E-state index in [4.69, 9.17) is 0 Å². The molecule has 1 N–H and O–H groups in total. The van der Waals surface area contributed by atoms with Crippen molar-refractivity contribution in [3.05, 3.63) is 100 Å². The van der Waals surface area contributed by atoms with Crippen LogP contribution in [0, 0.1) is 13.8 Å². The van der Waals surface area contributed by atoms with Crippen LogP contribution in [0.15, 0.2) is 66.7 Å². The Morgan fingerprint density at radius 3 is 2.39 bits per heavy atom. The van der Waals surface area contributed by atoms with Crippen LogP contribution in [0.5, 0.6) is 0 Å². The van der Waals surface area contributed by atoms with Gasteiger partial charge in [-0.2, -0.15) is 0 Å². The lowest BCUT2D eigenvalue weighted by Crippen LogP contribution is -2.41. The van der Waals surface area contributed by atoms with Crippen molar-refractivity contribution in [2.24, 2.45) is 0 Å². The molecule has 4 heteroatoms. The molecule has 3 aromatic rings. The maximum atomic E-state index is 13.5. The van der Waals surface area contributed by atoms with Gasteiger partial charge in [-0.1, -0.05) is 73.2 Å². The number of carbonyl (C=O) groups excluding carboxylic acids is 2. The lowest BCUT2D eigenvalue weighted by atomic mass is 9.88. The lowest BCUT2D eigenvalue weighted by molar-refractivity contribution is -0.136. The molecular formula is C27H27NO3. The first-order chi connectivity index (χ1) is 14.8. The number of hydrogen-bond acceptors (Lipinski definition) is 3. The van der Waals surface area contributed by atoms with Gasteiger partial charge in [0.1, 0.15) is 0 Å². The van der Waals surface area contributed by atoms with Gasteiger partial charge in [-0.3, -0.25) is 9.59 Å². The molecule has 31 heavy (non-hydrogen) atoms. The van der Waals surface area contributed by atoms with Gasteiger partial charge in [0.25, 0.3) is 5.91 Å². The second kappa shape index (κ2) is 8.12. The molecule has 0 spiro atoms. The SMILES string of the molecule is CCc1ccc(C(=O)C[C@]2(O)C(=O)N(Cc3ccc(C)cc3C)c3ccccc32)cc1. The van der Waals surface area contributed by atoms with E-state index in [0.717, 1.165) is 28.7 Å². The van der Waals surface area contributed by atoms with Crippen LogP contribution in [-0.4, -0.2) is 16.8 Å². The van der Waals surface area contributed by atoms with Gasteiger partial charge in [-0.15, -0.1) is 0 Å². The van der Waals surface area contributed by atoms with Gasteiger partial charge < -0.3 is 10.0 Å². The zero-order chi connectivity index (χ0) is 22.2. The number of aryl methyl sites for hydroxylation is 3. The van der Waals surface area contributed by atoms with Gasteiger partial charge in [-0.05, 0) is 43.0 Å². The molecule has 1 amide bonds. The first kappa shape index (κ1) is 21.0. The van der Waals surface area contributed by atoms with E-state index in [9.17, 15) is 14.7 Å². The summed E-state index contributed by atoms with van der Waals surface area (Å²) in [6, 6.07) is 20.7. The first-order valence-electron chi connectivity index (χ1n) is 10.7. The number of aliphatic hydroxyl groups is 1. The smallest absolute Gasteiger partial charge is 0.264 e. The molecule has 0 aromatic heterocycles. The summed E-state index contributed by atoms with van der Waals surface area (Å²) in [7, 11) is 0. The second-order valence-electron chi connectivity index (χ2n) is 8.35. The van der Waals surface area contributed by atoms with Crippen LogP contribution in [0.4, 0.5) is 5.69 Å². The molecule has 158 valence electrons. The summed E-state index contributed by atoms with van der Waals surface area (Å²) in [5, 5.41) is 11.5. The van der Waals surface area contributed by atoms with Crippen molar-refractivity contribution in [1.82, 2.24) is 0 Å². The number of amides is 1. The molecule has 0 bridgehead atoms. The molecular weight excluding hydrogens is 386 g/mol. The largest absolute Gasteiger partial charge is 0.375 e. The molecule has 1 aliphatic rings. The summed E-state index contributed by atoms with van der Waals surface area (Å²) in [5.74, 6) is -0.700. The summed E-state index contributed by atoms with van der Waals surface area (Å²) in [4.78, 5) is 28.0. The molecule has 0 saturated heterocycles. The number of ketones is 1. The third kappa shape index (κ3) is 3.79. The fourth-order valence-corrected chi connectivity index (χ4v) is 4.29. The average molecular weight is 414 g/mol. The van der Waals surface area contributed by atoms with E-state index in [-0.39, 0.29) is 12.2 Å². The average Bonchev–Trinajstić information content (AvgIpc) is 2.97. The topological polar surface area (TPSA) is 57.6 Å². The standard InChI is InChI=1S/C27H27NO3/c1-4-20-10-13-21(14-11-20)25(29)16-27(31)23-7-5-6-8-24(23)28(26(27)30)17-22-12-9-18(2)15-19(22)3/h5-15,31H,4,16-17H2,1-3H3/t27-/m1/s1. The van der Waals surface area contributed by atoms with Crippen LogP contribution in [0.25, 0.3) is 0 Å². The van der Waals surface area contributed by atoms with Crippen LogP contribution in [0.3, 0.4) is 0 Å². The van der Waals surface area contributed by atoms with E-state index < -0.39 is 11.5 Å². The molecule has 3 aromatic carbocycles. The van der Waals surface area contributed by atoms with Crippen molar-refractivity contribution >= 4 is 17.4 Å². The quantitative estimate of drug-likeness (QED) is 0.587. The minimum atomic E-state index is -1.87. The lowest BCUT2D eigenvalue weighted by Gasteiger charge is -2.23. The van der Waals surface area contributed by atoms with Gasteiger partial charge >= 0.3 is 0 Å². The predicted molar refractivity (Wildman–Crippen MR) is 122 cm³/mol. The molecule has 4 rings (SSSR count). The zero-order valence-corrected chi connectivity index (χ0v) is 18.2. The molecule has 1 heterocycles. The third-order valence-corrected chi connectivity index (χ3v) is 6.17. The van der Waals surface area contributed by atoms with Crippen molar-refractivity contribution in [3.8, 4) is 0 Å². The maximum absolute atomic E-state index is 13.5. The van der Waals surface area contributed by atoms with Gasteiger partial charge in [0, 0.05) is 11.1 Å².